The Morgan fingerprint density at radius 3 is 2.35 bits per heavy atom. The van der Waals surface area contributed by atoms with Gasteiger partial charge in [0.2, 0.25) is 0 Å². The van der Waals surface area contributed by atoms with Crippen LogP contribution in [0.2, 0.25) is 5.02 Å². The molecule has 3 aromatic carbocycles. The molecule has 0 saturated heterocycles. The van der Waals surface area contributed by atoms with Crippen molar-refractivity contribution in [2.24, 2.45) is 0 Å². The minimum Gasteiger partial charge on any atom is -0.488 e. The number of nitrogens with one attached hydrogen (secondary N) is 1. The lowest BCUT2D eigenvalue weighted by molar-refractivity contribution is -0.114. The summed E-state index contributed by atoms with van der Waals surface area (Å²) in [5.41, 5.74) is 4.91. The summed E-state index contributed by atoms with van der Waals surface area (Å²) in [6.07, 6.45) is -2.79. The quantitative estimate of drug-likeness (QED) is 0.0981. The number of benzene rings is 3. The molecule has 0 fully saturated rings. The fourth-order valence-electron chi connectivity index (χ4n) is 5.42. The molecule has 1 aromatic heterocycles. The Bertz CT molecular complexity index is 1930. The highest BCUT2D eigenvalue weighted by Crippen LogP contribution is 2.37. The molecule has 15 heteroatoms. The highest BCUT2D eigenvalue weighted by Gasteiger charge is 2.30. The van der Waals surface area contributed by atoms with E-state index in [1.165, 1.54) is 18.5 Å². The van der Waals surface area contributed by atoms with Gasteiger partial charge in [0.05, 0.1) is 22.6 Å². The van der Waals surface area contributed by atoms with E-state index in [-0.39, 0.29) is 36.2 Å². The van der Waals surface area contributed by atoms with Crippen molar-refractivity contribution in [3.63, 3.8) is 0 Å². The third-order valence-electron chi connectivity index (χ3n) is 8.38. The number of hydrogen-bond donors (Lipinski definition) is 6. The van der Waals surface area contributed by atoms with Crippen molar-refractivity contribution in [1.29, 1.82) is 0 Å². The zero-order chi connectivity index (χ0) is 36.7. The predicted molar refractivity (Wildman–Crippen MR) is 188 cm³/mol. The zero-order valence-electron chi connectivity index (χ0n) is 28.0. The van der Waals surface area contributed by atoms with Gasteiger partial charge in [-0.05, 0) is 53.4 Å². The van der Waals surface area contributed by atoms with Gasteiger partial charge in [0, 0.05) is 48.9 Å². The standard InChI is InChI=1S/C36H41ClN2O11S/c1-21-24(4-3-5-27(21)23-6-7-31-34(12-23)48-9-8-47-31)20-50-33-13-32(49-19-22-10-26(16-38-14-22)51(2,45)46)25(11-28(33)37)15-39-17-29(41)35(43)36(44)30(42)18-40/h3-7,10-14,16,29-30,35-36,39-44H,8-9,15,17-20H2,1-2H3/t29-,30+,35+,36+/m0/s1. The van der Waals surface area contributed by atoms with Gasteiger partial charge in [-0.3, -0.25) is 4.98 Å². The normalized spacial score (nSPS) is 15.1. The number of aliphatic hydroxyl groups excluding tert-OH is 5. The van der Waals surface area contributed by atoms with Crippen LogP contribution in [-0.4, -0.2) is 96.0 Å². The molecule has 0 radical (unpaired) electrons. The van der Waals surface area contributed by atoms with E-state index in [1.54, 1.807) is 12.1 Å². The maximum atomic E-state index is 12.1. The van der Waals surface area contributed by atoms with Crippen LogP contribution in [0.3, 0.4) is 0 Å². The highest BCUT2D eigenvalue weighted by molar-refractivity contribution is 7.90. The molecule has 5 rings (SSSR count). The third kappa shape index (κ3) is 9.67. The molecule has 2 heterocycles. The lowest BCUT2D eigenvalue weighted by Gasteiger charge is -2.26. The summed E-state index contributed by atoms with van der Waals surface area (Å²) >= 11 is 6.69. The summed E-state index contributed by atoms with van der Waals surface area (Å²) in [6, 6.07) is 16.4. The average Bonchev–Trinajstić information content (AvgIpc) is 3.13. The predicted octanol–water partition coefficient (Wildman–Crippen LogP) is 2.57. The van der Waals surface area contributed by atoms with E-state index < -0.39 is 40.9 Å². The smallest absolute Gasteiger partial charge is 0.177 e. The van der Waals surface area contributed by atoms with Crippen LogP contribution in [0, 0.1) is 6.92 Å². The molecular formula is C36H41ClN2O11S. The Morgan fingerprint density at radius 2 is 1.61 bits per heavy atom. The fourth-order valence-corrected chi connectivity index (χ4v) is 6.28. The van der Waals surface area contributed by atoms with Crippen LogP contribution >= 0.6 is 11.6 Å². The van der Waals surface area contributed by atoms with E-state index in [0.717, 1.165) is 28.5 Å². The van der Waals surface area contributed by atoms with Gasteiger partial charge in [-0.2, -0.15) is 0 Å². The molecule has 4 atom stereocenters. The highest BCUT2D eigenvalue weighted by atomic mass is 35.5. The molecule has 51 heavy (non-hydrogen) atoms. The summed E-state index contributed by atoms with van der Waals surface area (Å²) in [4.78, 5) is 4.06. The van der Waals surface area contributed by atoms with Gasteiger partial charge in [0.15, 0.2) is 21.3 Å². The van der Waals surface area contributed by atoms with Crippen molar-refractivity contribution in [3.8, 4) is 34.1 Å². The second-order valence-corrected chi connectivity index (χ2v) is 14.6. The fraction of sp³-hybridized carbons (Fsp3) is 0.361. The number of sulfone groups is 1. The number of halogens is 1. The van der Waals surface area contributed by atoms with Gasteiger partial charge in [-0.25, -0.2) is 8.42 Å². The van der Waals surface area contributed by atoms with Gasteiger partial charge in [0.1, 0.15) is 56.2 Å². The van der Waals surface area contributed by atoms with Gasteiger partial charge >= 0.3 is 0 Å². The van der Waals surface area contributed by atoms with Crippen molar-refractivity contribution < 1.29 is 52.9 Å². The molecule has 0 saturated carbocycles. The van der Waals surface area contributed by atoms with Crippen molar-refractivity contribution in [2.75, 3.05) is 32.6 Å². The molecule has 4 aromatic rings. The first kappa shape index (κ1) is 38.2. The third-order valence-corrected chi connectivity index (χ3v) is 9.76. The van der Waals surface area contributed by atoms with Crippen molar-refractivity contribution >= 4 is 21.4 Å². The first-order chi connectivity index (χ1) is 24.3. The molecule has 1 aliphatic rings. The van der Waals surface area contributed by atoms with Gasteiger partial charge in [-0.1, -0.05) is 35.9 Å². The summed E-state index contributed by atoms with van der Waals surface area (Å²) in [7, 11) is -3.50. The van der Waals surface area contributed by atoms with Crippen LogP contribution in [-0.2, 0) is 29.6 Å². The average molecular weight is 745 g/mol. The van der Waals surface area contributed by atoms with Crippen LogP contribution in [0.25, 0.3) is 11.1 Å². The van der Waals surface area contributed by atoms with E-state index in [2.05, 4.69) is 10.3 Å². The Labute approximate surface area is 300 Å². The molecule has 0 bridgehead atoms. The largest absolute Gasteiger partial charge is 0.488 e. The number of nitrogens with zero attached hydrogens (tertiary/aromatic N) is 1. The van der Waals surface area contributed by atoms with Crippen LogP contribution in [0.15, 0.2) is 71.9 Å². The molecule has 274 valence electrons. The second-order valence-electron chi connectivity index (χ2n) is 12.1. The van der Waals surface area contributed by atoms with Crippen LogP contribution in [0.4, 0.5) is 0 Å². The van der Waals surface area contributed by atoms with Gasteiger partial charge in [-0.15, -0.1) is 0 Å². The van der Waals surface area contributed by atoms with Crippen LogP contribution in [0.5, 0.6) is 23.0 Å². The van der Waals surface area contributed by atoms with E-state index in [9.17, 15) is 28.8 Å². The first-order valence-corrected chi connectivity index (χ1v) is 18.4. The van der Waals surface area contributed by atoms with Gasteiger partial charge < -0.3 is 49.8 Å². The number of aliphatic hydroxyl groups is 5. The SMILES string of the molecule is Cc1c(COc2cc(OCc3cncc(S(C)(=O)=O)c3)c(CNC[C@H](O)[C@@H](O)[C@H](O)[C@H](O)CO)cc2Cl)cccc1-c1ccc2c(c1)OCCO2. The molecule has 1 aliphatic heterocycles. The lowest BCUT2D eigenvalue weighted by Crippen LogP contribution is -2.48. The van der Waals surface area contributed by atoms with Crippen LogP contribution < -0.4 is 24.3 Å². The molecule has 0 aliphatic carbocycles. The Hall–Kier alpha value is -3.99. The second kappa shape index (κ2) is 17.0. The van der Waals surface area contributed by atoms with E-state index in [0.29, 0.717) is 47.3 Å². The number of aromatic nitrogens is 1. The summed E-state index contributed by atoms with van der Waals surface area (Å²) in [5.74, 6) is 2.05. The summed E-state index contributed by atoms with van der Waals surface area (Å²) in [5, 5.41) is 52.4. The number of ether oxygens (including phenoxy) is 4. The molecular weight excluding hydrogens is 704 g/mol. The Kier molecular flexibility index (Phi) is 12.8. The maximum absolute atomic E-state index is 12.1. The molecule has 6 N–H and O–H groups in total. The molecule has 0 unspecified atom stereocenters. The lowest BCUT2D eigenvalue weighted by atomic mass is 9.96. The Balaban J connectivity index is 1.35. The number of hydrogen-bond acceptors (Lipinski definition) is 13. The number of fused-ring (bicyclic) bond motifs is 1. The zero-order valence-corrected chi connectivity index (χ0v) is 29.6. The molecule has 13 nitrogen and oxygen atoms in total. The topological polar surface area (TPSA) is 197 Å². The number of pyridine rings is 1. The van der Waals surface area contributed by atoms with E-state index in [4.69, 9.17) is 35.7 Å². The maximum Gasteiger partial charge on any atom is 0.177 e. The monoisotopic (exact) mass is 744 g/mol. The van der Waals surface area contributed by atoms with Crippen molar-refractivity contribution in [1.82, 2.24) is 10.3 Å². The minimum absolute atomic E-state index is 0.0421. The van der Waals surface area contributed by atoms with Crippen molar-refractivity contribution in [3.05, 3.63) is 94.3 Å². The van der Waals surface area contributed by atoms with E-state index >= 15 is 0 Å². The summed E-state index contributed by atoms with van der Waals surface area (Å²) in [6.45, 7) is 2.21. The minimum atomic E-state index is -3.50. The summed E-state index contributed by atoms with van der Waals surface area (Å²) < 4.78 is 47.9. The van der Waals surface area contributed by atoms with Gasteiger partial charge in [0.25, 0.3) is 0 Å². The molecule has 0 amide bonds. The number of rotatable bonds is 16. The van der Waals surface area contributed by atoms with Crippen molar-refractivity contribution in [2.45, 2.75) is 56.0 Å². The molecule has 0 spiro atoms. The first-order valence-electron chi connectivity index (χ1n) is 16.1. The van der Waals surface area contributed by atoms with E-state index in [1.807, 2.05) is 43.3 Å². The Morgan fingerprint density at radius 1 is 0.882 bits per heavy atom. The van der Waals surface area contributed by atoms with Crippen LogP contribution in [0.1, 0.15) is 22.3 Å².